The molecule has 0 radical (unpaired) electrons. The van der Waals surface area contributed by atoms with Crippen molar-refractivity contribution < 1.29 is 9.59 Å². The molecular weight excluding hydrogens is 256 g/mol. The van der Waals surface area contributed by atoms with Crippen molar-refractivity contribution in [3.05, 3.63) is 30.1 Å². The molecule has 3 N–H and O–H groups in total. The summed E-state index contributed by atoms with van der Waals surface area (Å²) in [6.07, 6.45) is 3.56. The number of hydrogen-bond donors (Lipinski definition) is 3. The molecule has 0 saturated carbocycles. The molecule has 1 aromatic heterocycles. The molecule has 2 rings (SSSR count). The van der Waals surface area contributed by atoms with Gasteiger partial charge in [-0.1, -0.05) is 6.07 Å². The molecule has 6 nitrogen and oxygen atoms in total. The Morgan fingerprint density at radius 2 is 2.30 bits per heavy atom. The van der Waals surface area contributed by atoms with Gasteiger partial charge in [0.2, 0.25) is 5.91 Å². The van der Waals surface area contributed by atoms with Crippen LogP contribution in [0.5, 0.6) is 0 Å². The molecule has 0 spiro atoms. The van der Waals surface area contributed by atoms with E-state index in [0.29, 0.717) is 5.69 Å². The molecule has 2 unspecified atom stereocenters. The fraction of sp³-hybridized carbons (Fsp3) is 0.500. The summed E-state index contributed by atoms with van der Waals surface area (Å²) in [6, 6.07) is 5.47. The first-order valence-electron chi connectivity index (χ1n) is 6.89. The number of nitrogens with one attached hydrogen (secondary N) is 3. The number of carbonyl (C=O) groups is 2. The van der Waals surface area contributed by atoms with Gasteiger partial charge in [-0.05, 0) is 38.4 Å². The van der Waals surface area contributed by atoms with Crippen LogP contribution in [0.1, 0.15) is 30.3 Å². The van der Waals surface area contributed by atoms with Gasteiger partial charge in [0.25, 0.3) is 5.91 Å². The van der Waals surface area contributed by atoms with Crippen LogP contribution in [0, 0.1) is 0 Å². The molecule has 0 bridgehead atoms. The minimum atomic E-state index is -0.337. The van der Waals surface area contributed by atoms with Crippen LogP contribution in [-0.2, 0) is 4.79 Å². The molecule has 1 aromatic rings. The number of rotatable bonds is 4. The van der Waals surface area contributed by atoms with E-state index in [2.05, 4.69) is 27.9 Å². The second kappa shape index (κ2) is 7.00. The van der Waals surface area contributed by atoms with Gasteiger partial charge < -0.3 is 16.0 Å². The number of amides is 2. The van der Waals surface area contributed by atoms with E-state index in [1.165, 1.54) is 0 Å². The molecule has 1 aliphatic rings. The Balaban J connectivity index is 1.76. The standard InChI is InChI=1S/C14H20N4O2/c1-10-11(6-4-8-15-10)18-13(19)9-17-14(20)12-5-2-3-7-16-12/h2-3,5,7,10-11,15H,4,6,8-9H2,1H3,(H,17,20)(H,18,19). The van der Waals surface area contributed by atoms with Gasteiger partial charge in [-0.3, -0.25) is 14.6 Å². The summed E-state index contributed by atoms with van der Waals surface area (Å²) < 4.78 is 0. The van der Waals surface area contributed by atoms with E-state index in [1.807, 2.05) is 0 Å². The van der Waals surface area contributed by atoms with Crippen molar-refractivity contribution in [3.63, 3.8) is 0 Å². The van der Waals surface area contributed by atoms with Crippen LogP contribution in [-0.4, -0.2) is 42.0 Å². The maximum atomic E-state index is 11.8. The van der Waals surface area contributed by atoms with Crippen LogP contribution in [0.4, 0.5) is 0 Å². The second-order valence-electron chi connectivity index (χ2n) is 4.96. The highest BCUT2D eigenvalue weighted by molar-refractivity contribution is 5.94. The molecule has 108 valence electrons. The zero-order valence-electron chi connectivity index (χ0n) is 11.6. The largest absolute Gasteiger partial charge is 0.350 e. The highest BCUT2D eigenvalue weighted by atomic mass is 16.2. The fourth-order valence-corrected chi connectivity index (χ4v) is 2.25. The van der Waals surface area contributed by atoms with Crippen LogP contribution < -0.4 is 16.0 Å². The number of hydrogen-bond acceptors (Lipinski definition) is 4. The third-order valence-corrected chi connectivity index (χ3v) is 3.42. The average Bonchev–Trinajstić information content (AvgIpc) is 2.48. The molecule has 20 heavy (non-hydrogen) atoms. The predicted octanol–water partition coefficient (Wildman–Crippen LogP) is 0.0681. The molecule has 2 amide bonds. The zero-order valence-corrected chi connectivity index (χ0v) is 11.6. The van der Waals surface area contributed by atoms with Gasteiger partial charge >= 0.3 is 0 Å². The normalized spacial score (nSPS) is 22.1. The summed E-state index contributed by atoms with van der Waals surface area (Å²) in [5.41, 5.74) is 0.313. The molecule has 1 fully saturated rings. The van der Waals surface area contributed by atoms with Gasteiger partial charge in [0.15, 0.2) is 0 Å². The maximum Gasteiger partial charge on any atom is 0.270 e. The van der Waals surface area contributed by atoms with Crippen LogP contribution in [0.25, 0.3) is 0 Å². The van der Waals surface area contributed by atoms with Gasteiger partial charge in [0.05, 0.1) is 6.54 Å². The number of aromatic nitrogens is 1. The Hall–Kier alpha value is -1.95. The number of piperidine rings is 1. The second-order valence-corrected chi connectivity index (χ2v) is 4.96. The topological polar surface area (TPSA) is 83.1 Å². The van der Waals surface area contributed by atoms with E-state index in [4.69, 9.17) is 0 Å². The highest BCUT2D eigenvalue weighted by Crippen LogP contribution is 2.07. The van der Waals surface area contributed by atoms with E-state index >= 15 is 0 Å². The SMILES string of the molecule is CC1NCCCC1NC(=O)CNC(=O)c1ccccn1. The molecule has 0 aromatic carbocycles. The lowest BCUT2D eigenvalue weighted by Crippen LogP contribution is -2.53. The van der Waals surface area contributed by atoms with E-state index in [9.17, 15) is 9.59 Å². The monoisotopic (exact) mass is 276 g/mol. The smallest absolute Gasteiger partial charge is 0.270 e. The first-order chi connectivity index (χ1) is 9.66. The van der Waals surface area contributed by atoms with E-state index in [-0.39, 0.29) is 30.4 Å². The van der Waals surface area contributed by atoms with Gasteiger partial charge in [-0.15, -0.1) is 0 Å². The first-order valence-corrected chi connectivity index (χ1v) is 6.89. The van der Waals surface area contributed by atoms with Gasteiger partial charge in [-0.25, -0.2) is 0 Å². The molecule has 2 heterocycles. The van der Waals surface area contributed by atoms with E-state index in [1.54, 1.807) is 24.4 Å². The Morgan fingerprint density at radius 3 is 3.00 bits per heavy atom. The molecule has 2 atom stereocenters. The Kier molecular flexibility index (Phi) is 5.06. The summed E-state index contributed by atoms with van der Waals surface area (Å²) in [4.78, 5) is 27.5. The molecule has 1 aliphatic heterocycles. The van der Waals surface area contributed by atoms with Crippen LogP contribution >= 0.6 is 0 Å². The molecule has 0 aliphatic carbocycles. The summed E-state index contributed by atoms with van der Waals surface area (Å²) in [7, 11) is 0. The van der Waals surface area contributed by atoms with Crippen molar-refractivity contribution in [1.29, 1.82) is 0 Å². The first kappa shape index (κ1) is 14.5. The third kappa shape index (κ3) is 4.03. The van der Waals surface area contributed by atoms with Gasteiger partial charge in [-0.2, -0.15) is 0 Å². The quantitative estimate of drug-likeness (QED) is 0.726. The van der Waals surface area contributed by atoms with Crippen LogP contribution in [0.3, 0.4) is 0 Å². The minimum Gasteiger partial charge on any atom is -0.350 e. The van der Waals surface area contributed by atoms with E-state index in [0.717, 1.165) is 19.4 Å². The Morgan fingerprint density at radius 1 is 1.45 bits per heavy atom. The average molecular weight is 276 g/mol. The fourth-order valence-electron chi connectivity index (χ4n) is 2.25. The predicted molar refractivity (Wildman–Crippen MR) is 75.2 cm³/mol. The number of nitrogens with zero attached hydrogens (tertiary/aromatic N) is 1. The van der Waals surface area contributed by atoms with Gasteiger partial charge in [0.1, 0.15) is 5.69 Å². The van der Waals surface area contributed by atoms with Crippen molar-refractivity contribution >= 4 is 11.8 Å². The van der Waals surface area contributed by atoms with Crippen molar-refractivity contribution in [1.82, 2.24) is 20.9 Å². The maximum absolute atomic E-state index is 11.8. The number of pyridine rings is 1. The van der Waals surface area contributed by atoms with Crippen molar-refractivity contribution in [2.75, 3.05) is 13.1 Å². The summed E-state index contributed by atoms with van der Waals surface area (Å²) in [6.45, 7) is 3.01. The van der Waals surface area contributed by atoms with Crippen LogP contribution in [0.15, 0.2) is 24.4 Å². The van der Waals surface area contributed by atoms with Crippen LogP contribution in [0.2, 0.25) is 0 Å². The minimum absolute atomic E-state index is 0.0291. The molecule has 6 heteroatoms. The zero-order chi connectivity index (χ0) is 14.4. The summed E-state index contributed by atoms with van der Waals surface area (Å²) >= 11 is 0. The lowest BCUT2D eigenvalue weighted by molar-refractivity contribution is -0.121. The third-order valence-electron chi connectivity index (χ3n) is 3.42. The van der Waals surface area contributed by atoms with Crippen molar-refractivity contribution in [2.24, 2.45) is 0 Å². The summed E-state index contributed by atoms with van der Waals surface area (Å²) in [5, 5.41) is 8.82. The molecule has 1 saturated heterocycles. The molecular formula is C14H20N4O2. The number of carbonyl (C=O) groups excluding carboxylic acids is 2. The van der Waals surface area contributed by atoms with E-state index < -0.39 is 0 Å². The van der Waals surface area contributed by atoms with Crippen molar-refractivity contribution in [3.8, 4) is 0 Å². The Bertz CT molecular complexity index is 464. The van der Waals surface area contributed by atoms with Crippen molar-refractivity contribution in [2.45, 2.75) is 31.8 Å². The van der Waals surface area contributed by atoms with Gasteiger partial charge in [0, 0.05) is 18.3 Å². The highest BCUT2D eigenvalue weighted by Gasteiger charge is 2.22. The lowest BCUT2D eigenvalue weighted by Gasteiger charge is -2.30. The Labute approximate surface area is 118 Å². The summed E-state index contributed by atoms with van der Waals surface area (Å²) in [5.74, 6) is -0.509. The lowest BCUT2D eigenvalue weighted by atomic mass is 10.00.